The maximum absolute atomic E-state index is 11.5. The average molecular weight is 398 g/mol. The SMILES string of the molecule is C=CCOC(=O)NCCC[Si](C)(C)OC1(C)CCCCCCCCCCC1. The van der Waals surface area contributed by atoms with Crippen molar-refractivity contribution in [1.82, 2.24) is 5.32 Å². The van der Waals surface area contributed by atoms with Gasteiger partial charge < -0.3 is 14.5 Å². The highest BCUT2D eigenvalue weighted by molar-refractivity contribution is 6.71. The molecule has 0 aromatic carbocycles. The summed E-state index contributed by atoms with van der Waals surface area (Å²) in [6, 6.07) is 1.06. The van der Waals surface area contributed by atoms with Crippen molar-refractivity contribution >= 4 is 14.4 Å². The molecule has 1 aliphatic carbocycles. The molecule has 0 aliphatic heterocycles. The fraction of sp³-hybridized carbons (Fsp3) is 0.864. The summed E-state index contributed by atoms with van der Waals surface area (Å²) in [7, 11) is -1.76. The van der Waals surface area contributed by atoms with E-state index in [4.69, 9.17) is 9.16 Å². The highest BCUT2D eigenvalue weighted by Gasteiger charge is 2.33. The van der Waals surface area contributed by atoms with Crippen molar-refractivity contribution in [3.63, 3.8) is 0 Å². The standard InChI is InChI=1S/C22H43NO3Si/c1-5-19-25-21(24)23-18-15-20-27(3,4)26-22(2)16-13-11-9-7-6-8-10-12-14-17-22/h5H,1,6-20H2,2-4H3,(H,23,24). The topological polar surface area (TPSA) is 47.6 Å². The molecule has 1 aliphatic rings. The highest BCUT2D eigenvalue weighted by Crippen LogP contribution is 2.32. The van der Waals surface area contributed by atoms with Crippen LogP contribution in [0.1, 0.15) is 84.0 Å². The molecule has 5 heteroatoms. The second-order valence-corrected chi connectivity index (χ2v) is 13.1. The lowest BCUT2D eigenvalue weighted by atomic mass is 9.90. The van der Waals surface area contributed by atoms with Crippen LogP contribution in [0, 0.1) is 0 Å². The van der Waals surface area contributed by atoms with Gasteiger partial charge in [-0.15, -0.1) is 0 Å². The van der Waals surface area contributed by atoms with Gasteiger partial charge in [-0.3, -0.25) is 0 Å². The Morgan fingerprint density at radius 2 is 1.56 bits per heavy atom. The molecule has 0 spiro atoms. The van der Waals surface area contributed by atoms with E-state index in [0.29, 0.717) is 6.54 Å². The maximum Gasteiger partial charge on any atom is 0.407 e. The summed E-state index contributed by atoms with van der Waals surface area (Å²) in [5, 5.41) is 2.81. The van der Waals surface area contributed by atoms with Crippen LogP contribution in [0.5, 0.6) is 0 Å². The van der Waals surface area contributed by atoms with Crippen LogP contribution < -0.4 is 5.32 Å². The van der Waals surface area contributed by atoms with Crippen molar-refractivity contribution in [3.05, 3.63) is 12.7 Å². The lowest BCUT2D eigenvalue weighted by molar-refractivity contribution is 0.0536. The van der Waals surface area contributed by atoms with E-state index in [9.17, 15) is 4.79 Å². The molecule has 4 nitrogen and oxygen atoms in total. The molecule has 158 valence electrons. The fourth-order valence-corrected chi connectivity index (χ4v) is 6.74. The van der Waals surface area contributed by atoms with Gasteiger partial charge in [-0.2, -0.15) is 0 Å². The quantitative estimate of drug-likeness (QED) is 0.286. The number of carbonyl (C=O) groups is 1. The molecule has 0 radical (unpaired) electrons. The molecule has 0 saturated heterocycles. The van der Waals surface area contributed by atoms with Gasteiger partial charge in [0.25, 0.3) is 0 Å². The monoisotopic (exact) mass is 397 g/mol. The Hall–Kier alpha value is -0.813. The molecule has 0 heterocycles. The van der Waals surface area contributed by atoms with Crippen molar-refractivity contribution in [2.75, 3.05) is 13.2 Å². The number of alkyl carbamates (subject to hydrolysis) is 1. The maximum atomic E-state index is 11.5. The summed E-state index contributed by atoms with van der Waals surface area (Å²) < 4.78 is 11.8. The molecule has 1 N–H and O–H groups in total. The third-order valence-corrected chi connectivity index (χ3v) is 8.09. The molecule has 1 amide bonds. The Kier molecular flexibility index (Phi) is 12.0. The van der Waals surface area contributed by atoms with Crippen LogP contribution in [0.2, 0.25) is 19.1 Å². The summed E-state index contributed by atoms with van der Waals surface area (Å²) in [4.78, 5) is 11.5. The predicted molar refractivity (Wildman–Crippen MR) is 117 cm³/mol. The van der Waals surface area contributed by atoms with E-state index >= 15 is 0 Å². The molecule has 1 rings (SSSR count). The number of carbonyl (C=O) groups excluding carboxylic acids is 1. The summed E-state index contributed by atoms with van der Waals surface area (Å²) >= 11 is 0. The third-order valence-electron chi connectivity index (χ3n) is 5.49. The van der Waals surface area contributed by atoms with Crippen molar-refractivity contribution in [1.29, 1.82) is 0 Å². The van der Waals surface area contributed by atoms with Crippen LogP contribution in [0.15, 0.2) is 12.7 Å². The van der Waals surface area contributed by atoms with Crippen LogP contribution in [0.25, 0.3) is 0 Å². The minimum absolute atomic E-state index is 0.0330. The second kappa shape index (κ2) is 13.4. The number of hydrogen-bond donors (Lipinski definition) is 1. The van der Waals surface area contributed by atoms with Crippen molar-refractivity contribution in [2.24, 2.45) is 0 Å². The van der Waals surface area contributed by atoms with Gasteiger partial charge in [0.15, 0.2) is 8.32 Å². The Labute approximate surface area is 168 Å². The Morgan fingerprint density at radius 1 is 1.04 bits per heavy atom. The van der Waals surface area contributed by atoms with Gasteiger partial charge in [0, 0.05) is 6.54 Å². The van der Waals surface area contributed by atoms with E-state index < -0.39 is 8.32 Å². The van der Waals surface area contributed by atoms with Gasteiger partial charge in [0.05, 0.1) is 5.60 Å². The molecule has 0 unspecified atom stereocenters. The van der Waals surface area contributed by atoms with E-state index in [1.54, 1.807) is 6.08 Å². The van der Waals surface area contributed by atoms with Crippen molar-refractivity contribution in [3.8, 4) is 0 Å². The number of amides is 1. The van der Waals surface area contributed by atoms with E-state index in [1.165, 1.54) is 70.6 Å². The van der Waals surface area contributed by atoms with Crippen LogP contribution in [-0.4, -0.2) is 33.2 Å². The molecular weight excluding hydrogens is 354 g/mol. The normalized spacial score (nSPS) is 19.4. The number of ether oxygens (including phenoxy) is 1. The molecule has 0 aromatic heterocycles. The van der Waals surface area contributed by atoms with Gasteiger partial charge >= 0.3 is 6.09 Å². The first-order valence-electron chi connectivity index (χ1n) is 11.1. The average Bonchev–Trinajstić information content (AvgIpc) is 2.60. The Morgan fingerprint density at radius 3 is 2.07 bits per heavy atom. The van der Waals surface area contributed by atoms with E-state index in [1.807, 2.05) is 0 Å². The van der Waals surface area contributed by atoms with Gasteiger partial charge in [0.2, 0.25) is 0 Å². The van der Waals surface area contributed by atoms with Crippen LogP contribution >= 0.6 is 0 Å². The zero-order valence-corrected chi connectivity index (χ0v) is 19.1. The third kappa shape index (κ3) is 12.3. The van der Waals surface area contributed by atoms with Gasteiger partial charge in [-0.25, -0.2) is 4.79 Å². The molecule has 0 atom stereocenters. The fourth-order valence-electron chi connectivity index (χ4n) is 4.07. The van der Waals surface area contributed by atoms with Gasteiger partial charge in [-0.05, 0) is 45.3 Å². The number of nitrogens with one attached hydrogen (secondary N) is 1. The predicted octanol–water partition coefficient (Wildman–Crippen LogP) is 6.57. The van der Waals surface area contributed by atoms with Crippen molar-refractivity contribution < 1.29 is 14.0 Å². The number of rotatable bonds is 8. The van der Waals surface area contributed by atoms with Gasteiger partial charge in [0.1, 0.15) is 6.61 Å². The summed E-state index contributed by atoms with van der Waals surface area (Å²) in [6.45, 7) is 11.4. The summed E-state index contributed by atoms with van der Waals surface area (Å²) in [5.74, 6) is 0. The van der Waals surface area contributed by atoms with Crippen molar-refractivity contribution in [2.45, 2.75) is 109 Å². The summed E-state index contributed by atoms with van der Waals surface area (Å²) in [6.07, 6.45) is 16.8. The van der Waals surface area contributed by atoms with Crippen LogP contribution in [-0.2, 0) is 9.16 Å². The molecule has 1 fully saturated rings. The molecule has 1 saturated carbocycles. The summed E-state index contributed by atoms with van der Waals surface area (Å²) in [5.41, 5.74) is 0.0330. The minimum Gasteiger partial charge on any atom is -0.445 e. The Balaban J connectivity index is 2.41. The second-order valence-electron chi connectivity index (χ2n) is 8.91. The van der Waals surface area contributed by atoms with E-state index in [2.05, 4.69) is 31.9 Å². The molecular formula is C22H43NO3Si. The smallest absolute Gasteiger partial charge is 0.407 e. The zero-order chi connectivity index (χ0) is 20.0. The van der Waals surface area contributed by atoms with Crippen LogP contribution in [0.4, 0.5) is 4.79 Å². The zero-order valence-electron chi connectivity index (χ0n) is 18.1. The van der Waals surface area contributed by atoms with Gasteiger partial charge in [-0.1, -0.05) is 70.4 Å². The highest BCUT2D eigenvalue weighted by atomic mass is 28.4. The molecule has 27 heavy (non-hydrogen) atoms. The first-order chi connectivity index (χ1) is 12.9. The van der Waals surface area contributed by atoms with Crippen LogP contribution in [0.3, 0.4) is 0 Å². The minimum atomic E-state index is -1.76. The molecule has 0 bridgehead atoms. The number of hydrogen-bond acceptors (Lipinski definition) is 3. The Bertz CT molecular complexity index is 414. The first-order valence-corrected chi connectivity index (χ1v) is 14.2. The lowest BCUT2D eigenvalue weighted by Crippen LogP contribution is -2.43. The largest absolute Gasteiger partial charge is 0.445 e. The van der Waals surface area contributed by atoms with E-state index in [0.717, 1.165) is 12.5 Å². The van der Waals surface area contributed by atoms with E-state index in [-0.39, 0.29) is 18.3 Å². The molecule has 0 aromatic rings. The lowest BCUT2D eigenvalue weighted by Gasteiger charge is -2.38. The first kappa shape index (κ1) is 24.2.